The second-order valence-electron chi connectivity index (χ2n) is 5.11. The fraction of sp³-hybridized carbons (Fsp3) is 1.00. The van der Waals surface area contributed by atoms with E-state index in [4.69, 9.17) is 0 Å². The van der Waals surface area contributed by atoms with E-state index in [0.717, 1.165) is 23.9 Å². The molecule has 1 aliphatic heterocycles. The molecule has 2 atom stereocenters. The molecule has 1 heterocycles. The first-order chi connectivity index (χ1) is 6.06. The van der Waals surface area contributed by atoms with Gasteiger partial charge in [0.05, 0.1) is 0 Å². The SMILES string of the molecule is CC[C@H]1C[C@@H](C(C)C)N(C(C)C)C1. The highest BCUT2D eigenvalue weighted by atomic mass is 15.2. The monoisotopic (exact) mass is 183 g/mol. The molecule has 1 fully saturated rings. The fourth-order valence-corrected chi connectivity index (χ4v) is 2.53. The lowest BCUT2D eigenvalue weighted by Gasteiger charge is -2.30. The topological polar surface area (TPSA) is 3.24 Å². The zero-order valence-electron chi connectivity index (χ0n) is 9.88. The third kappa shape index (κ3) is 2.46. The molecule has 0 aliphatic carbocycles. The molecule has 0 unspecified atom stereocenters. The predicted octanol–water partition coefficient (Wildman–Crippen LogP) is 3.15. The Kier molecular flexibility index (Phi) is 3.78. The molecule has 0 amide bonds. The minimum absolute atomic E-state index is 0.726. The molecule has 1 heteroatoms. The molecule has 1 aliphatic rings. The van der Waals surface area contributed by atoms with E-state index in [1.54, 1.807) is 0 Å². The van der Waals surface area contributed by atoms with Gasteiger partial charge in [0.2, 0.25) is 0 Å². The van der Waals surface area contributed by atoms with Crippen molar-refractivity contribution >= 4 is 0 Å². The van der Waals surface area contributed by atoms with Crippen LogP contribution >= 0.6 is 0 Å². The lowest BCUT2D eigenvalue weighted by atomic mass is 9.96. The zero-order chi connectivity index (χ0) is 10.0. The molecular weight excluding hydrogens is 158 g/mol. The molecule has 1 saturated heterocycles. The minimum atomic E-state index is 0.726. The van der Waals surface area contributed by atoms with Crippen molar-refractivity contribution in [1.82, 2.24) is 4.90 Å². The predicted molar refractivity (Wildman–Crippen MR) is 58.9 cm³/mol. The standard InChI is InChI=1S/C12H25N/c1-6-11-7-12(9(2)3)13(8-11)10(4)5/h9-12H,6-8H2,1-5H3/t11-,12-/m0/s1. The van der Waals surface area contributed by atoms with Gasteiger partial charge in [0.1, 0.15) is 0 Å². The maximum absolute atomic E-state index is 2.69. The first kappa shape index (κ1) is 11.0. The molecule has 0 saturated carbocycles. The summed E-state index contributed by atoms with van der Waals surface area (Å²) in [5.41, 5.74) is 0. The van der Waals surface area contributed by atoms with Gasteiger partial charge < -0.3 is 0 Å². The molecule has 1 rings (SSSR count). The highest BCUT2D eigenvalue weighted by Crippen LogP contribution is 2.31. The molecule has 0 radical (unpaired) electrons. The van der Waals surface area contributed by atoms with Crippen LogP contribution in [0.25, 0.3) is 0 Å². The Morgan fingerprint density at radius 3 is 2.15 bits per heavy atom. The molecule has 78 valence electrons. The lowest BCUT2D eigenvalue weighted by molar-refractivity contribution is 0.164. The van der Waals surface area contributed by atoms with Gasteiger partial charge in [0.15, 0.2) is 0 Å². The first-order valence-corrected chi connectivity index (χ1v) is 5.82. The number of nitrogens with zero attached hydrogens (tertiary/aromatic N) is 1. The normalized spacial score (nSPS) is 30.7. The quantitative estimate of drug-likeness (QED) is 0.649. The third-order valence-corrected chi connectivity index (χ3v) is 3.48. The summed E-state index contributed by atoms with van der Waals surface area (Å²) in [4.78, 5) is 2.69. The van der Waals surface area contributed by atoms with E-state index in [-0.39, 0.29) is 0 Å². The van der Waals surface area contributed by atoms with Gasteiger partial charge in [0.25, 0.3) is 0 Å². The Morgan fingerprint density at radius 1 is 1.23 bits per heavy atom. The summed E-state index contributed by atoms with van der Waals surface area (Å²) in [5, 5.41) is 0. The summed E-state index contributed by atoms with van der Waals surface area (Å²) in [5.74, 6) is 1.77. The Balaban J connectivity index is 2.60. The summed E-state index contributed by atoms with van der Waals surface area (Å²) in [6, 6.07) is 1.56. The van der Waals surface area contributed by atoms with Crippen molar-refractivity contribution in [1.29, 1.82) is 0 Å². The Labute approximate surface area is 83.5 Å². The van der Waals surface area contributed by atoms with Gasteiger partial charge in [-0.1, -0.05) is 27.2 Å². The van der Waals surface area contributed by atoms with Gasteiger partial charge >= 0.3 is 0 Å². The zero-order valence-corrected chi connectivity index (χ0v) is 9.88. The average molecular weight is 183 g/mol. The number of hydrogen-bond acceptors (Lipinski definition) is 1. The van der Waals surface area contributed by atoms with Gasteiger partial charge in [-0.3, -0.25) is 4.90 Å². The molecule has 1 nitrogen and oxygen atoms in total. The molecule has 0 aromatic heterocycles. The maximum atomic E-state index is 2.69. The van der Waals surface area contributed by atoms with Crippen molar-refractivity contribution < 1.29 is 0 Å². The third-order valence-electron chi connectivity index (χ3n) is 3.48. The van der Waals surface area contributed by atoms with Crippen molar-refractivity contribution in [3.63, 3.8) is 0 Å². The number of rotatable bonds is 3. The van der Waals surface area contributed by atoms with Crippen LogP contribution in [-0.2, 0) is 0 Å². The molecule has 0 N–H and O–H groups in total. The highest BCUT2D eigenvalue weighted by Gasteiger charge is 2.33. The van der Waals surface area contributed by atoms with E-state index >= 15 is 0 Å². The first-order valence-electron chi connectivity index (χ1n) is 5.82. The number of likely N-dealkylation sites (tertiary alicyclic amines) is 1. The Hall–Kier alpha value is -0.0400. The van der Waals surface area contributed by atoms with Crippen LogP contribution in [0, 0.1) is 11.8 Å². The van der Waals surface area contributed by atoms with Gasteiger partial charge in [-0.25, -0.2) is 0 Å². The maximum Gasteiger partial charge on any atom is 0.0124 e. The van der Waals surface area contributed by atoms with Crippen LogP contribution in [0.1, 0.15) is 47.5 Å². The summed E-state index contributed by atoms with van der Waals surface area (Å²) in [6.45, 7) is 13.0. The van der Waals surface area contributed by atoms with Gasteiger partial charge in [-0.15, -0.1) is 0 Å². The van der Waals surface area contributed by atoms with Crippen LogP contribution in [0.4, 0.5) is 0 Å². The molecule has 13 heavy (non-hydrogen) atoms. The summed E-state index contributed by atoms with van der Waals surface area (Å²) >= 11 is 0. The second kappa shape index (κ2) is 4.45. The summed E-state index contributed by atoms with van der Waals surface area (Å²) in [6.07, 6.45) is 2.78. The van der Waals surface area contributed by atoms with Crippen molar-refractivity contribution in [2.24, 2.45) is 11.8 Å². The van der Waals surface area contributed by atoms with Crippen LogP contribution in [0.5, 0.6) is 0 Å². The van der Waals surface area contributed by atoms with E-state index in [1.165, 1.54) is 19.4 Å². The largest absolute Gasteiger partial charge is 0.297 e. The van der Waals surface area contributed by atoms with E-state index in [9.17, 15) is 0 Å². The van der Waals surface area contributed by atoms with Gasteiger partial charge in [0, 0.05) is 18.6 Å². The van der Waals surface area contributed by atoms with E-state index in [1.807, 2.05) is 0 Å². The van der Waals surface area contributed by atoms with E-state index < -0.39 is 0 Å². The summed E-state index contributed by atoms with van der Waals surface area (Å²) in [7, 11) is 0. The van der Waals surface area contributed by atoms with Crippen LogP contribution in [0.2, 0.25) is 0 Å². The van der Waals surface area contributed by atoms with Crippen molar-refractivity contribution in [2.75, 3.05) is 6.54 Å². The molecular formula is C12H25N. The smallest absolute Gasteiger partial charge is 0.0124 e. The van der Waals surface area contributed by atoms with Crippen LogP contribution in [-0.4, -0.2) is 23.5 Å². The molecule has 0 aromatic carbocycles. The Morgan fingerprint density at radius 2 is 1.85 bits per heavy atom. The van der Waals surface area contributed by atoms with E-state index in [2.05, 4.69) is 39.5 Å². The van der Waals surface area contributed by atoms with Crippen LogP contribution in [0.15, 0.2) is 0 Å². The van der Waals surface area contributed by atoms with E-state index in [0.29, 0.717) is 0 Å². The summed E-state index contributed by atoms with van der Waals surface area (Å²) < 4.78 is 0. The van der Waals surface area contributed by atoms with Crippen LogP contribution < -0.4 is 0 Å². The highest BCUT2D eigenvalue weighted by molar-refractivity contribution is 4.88. The van der Waals surface area contributed by atoms with Crippen LogP contribution in [0.3, 0.4) is 0 Å². The van der Waals surface area contributed by atoms with Crippen molar-refractivity contribution in [3.05, 3.63) is 0 Å². The van der Waals surface area contributed by atoms with Gasteiger partial charge in [-0.05, 0) is 32.1 Å². The number of hydrogen-bond donors (Lipinski definition) is 0. The fourth-order valence-electron chi connectivity index (χ4n) is 2.53. The van der Waals surface area contributed by atoms with Crippen molar-refractivity contribution in [2.45, 2.75) is 59.5 Å². The Bertz CT molecular complexity index is 135. The molecule has 0 spiro atoms. The van der Waals surface area contributed by atoms with Crippen molar-refractivity contribution in [3.8, 4) is 0 Å². The molecule has 0 bridgehead atoms. The lowest BCUT2D eigenvalue weighted by Crippen LogP contribution is -2.38. The second-order valence-corrected chi connectivity index (χ2v) is 5.11. The average Bonchev–Trinajstić information content (AvgIpc) is 2.47. The van der Waals surface area contributed by atoms with Gasteiger partial charge in [-0.2, -0.15) is 0 Å². The minimum Gasteiger partial charge on any atom is -0.297 e. The molecule has 0 aromatic rings.